The summed E-state index contributed by atoms with van der Waals surface area (Å²) in [4.78, 5) is 23.8. The highest BCUT2D eigenvalue weighted by Gasteiger charge is 2.24. The molecule has 0 spiro atoms. The molecule has 0 amide bonds. The van der Waals surface area contributed by atoms with Gasteiger partial charge in [0.05, 0.1) is 38.2 Å². The zero-order chi connectivity index (χ0) is 20.1. The molecule has 4 heterocycles. The minimum Gasteiger partial charge on any atom is -0.391 e. The molecule has 0 atom stereocenters. The van der Waals surface area contributed by atoms with Gasteiger partial charge in [0.15, 0.2) is 11.5 Å². The van der Waals surface area contributed by atoms with Gasteiger partial charge in [0.2, 0.25) is 0 Å². The lowest BCUT2D eigenvalue weighted by molar-refractivity contribution is -0.900. The fourth-order valence-electron chi connectivity index (χ4n) is 4.25. The van der Waals surface area contributed by atoms with Crippen LogP contribution in [0.1, 0.15) is 10.4 Å². The Labute approximate surface area is 171 Å². The van der Waals surface area contributed by atoms with E-state index in [0.29, 0.717) is 11.0 Å². The van der Waals surface area contributed by atoms with Gasteiger partial charge in [-0.05, 0) is 19.4 Å². The van der Waals surface area contributed by atoms with Crippen LogP contribution in [-0.4, -0.2) is 59.0 Å². The molecule has 7 nitrogen and oxygen atoms in total. The predicted molar refractivity (Wildman–Crippen MR) is 116 cm³/mol. The number of aliphatic hydroxyl groups excluding tert-OH is 1. The van der Waals surface area contributed by atoms with Gasteiger partial charge in [-0.3, -0.25) is 4.79 Å². The molecule has 8 heteroatoms. The number of quaternary nitrogens is 1. The van der Waals surface area contributed by atoms with Gasteiger partial charge in [-0.25, -0.2) is 4.98 Å². The lowest BCUT2D eigenvalue weighted by atomic mass is 10.1. The average Bonchev–Trinajstić information content (AvgIpc) is 3.02. The number of aromatic nitrogens is 3. The van der Waals surface area contributed by atoms with Crippen molar-refractivity contribution in [3.8, 4) is 0 Å². The number of rotatable bonds is 3. The van der Waals surface area contributed by atoms with E-state index in [1.807, 2.05) is 32.0 Å². The molecule has 150 valence electrons. The number of hydrogen-bond acceptors (Lipinski definition) is 6. The molecule has 0 bridgehead atoms. The van der Waals surface area contributed by atoms with Crippen LogP contribution in [0.4, 0.5) is 5.82 Å². The Morgan fingerprint density at radius 3 is 2.62 bits per heavy atom. The normalized spacial score (nSPS) is 15.8. The molecule has 1 aromatic carbocycles. The van der Waals surface area contributed by atoms with Crippen molar-refractivity contribution in [3.63, 3.8) is 0 Å². The van der Waals surface area contributed by atoms with Crippen LogP contribution < -0.4 is 15.4 Å². The van der Waals surface area contributed by atoms with E-state index in [-0.39, 0.29) is 12.2 Å². The predicted octanol–water partition coefficient (Wildman–Crippen LogP) is 0.771. The van der Waals surface area contributed by atoms with Crippen molar-refractivity contribution in [2.24, 2.45) is 0 Å². The van der Waals surface area contributed by atoms with Gasteiger partial charge in [0.1, 0.15) is 11.4 Å². The summed E-state index contributed by atoms with van der Waals surface area (Å²) in [5, 5.41) is 16.7. The van der Waals surface area contributed by atoms with Gasteiger partial charge in [0, 0.05) is 15.6 Å². The third kappa shape index (κ3) is 2.90. The van der Waals surface area contributed by atoms with Gasteiger partial charge >= 0.3 is 0 Å². The second-order valence-corrected chi connectivity index (χ2v) is 8.90. The highest BCUT2D eigenvalue weighted by atomic mass is 32.1. The Balaban J connectivity index is 1.74. The van der Waals surface area contributed by atoms with E-state index in [1.54, 1.807) is 11.3 Å². The van der Waals surface area contributed by atoms with E-state index in [9.17, 15) is 9.90 Å². The number of aliphatic hydroxyl groups is 1. The number of nitrogens with one attached hydrogen (secondary N) is 1. The summed E-state index contributed by atoms with van der Waals surface area (Å²) < 4.78 is 1.49. The third-order valence-corrected chi connectivity index (χ3v) is 7.12. The molecule has 1 saturated heterocycles. The fourth-order valence-corrected chi connectivity index (χ4v) is 5.27. The fraction of sp³-hybridized carbons (Fsp3) is 0.381. The SMILES string of the molecule is Cc1sc2nc3c4ccccc4c(N4CC[NH+](CCO)CC4)nn3c(=O)c2c1C. The monoisotopic (exact) mass is 410 g/mol. The summed E-state index contributed by atoms with van der Waals surface area (Å²) in [6.07, 6.45) is 0. The van der Waals surface area contributed by atoms with Gasteiger partial charge in [-0.2, -0.15) is 4.52 Å². The molecule has 1 aliphatic heterocycles. The molecule has 4 aromatic rings. The minimum absolute atomic E-state index is 0.0941. The lowest BCUT2D eigenvalue weighted by Gasteiger charge is -2.33. The van der Waals surface area contributed by atoms with Crippen LogP contribution in [0, 0.1) is 13.8 Å². The maximum absolute atomic E-state index is 13.4. The second-order valence-electron chi connectivity index (χ2n) is 7.70. The first-order chi connectivity index (χ1) is 14.1. The number of nitrogens with zero attached hydrogens (tertiary/aromatic N) is 4. The van der Waals surface area contributed by atoms with Crippen molar-refractivity contribution in [3.05, 3.63) is 45.1 Å². The van der Waals surface area contributed by atoms with Crippen LogP contribution in [0.25, 0.3) is 26.6 Å². The third-order valence-electron chi connectivity index (χ3n) is 6.02. The van der Waals surface area contributed by atoms with E-state index >= 15 is 0 Å². The first-order valence-corrected chi connectivity index (χ1v) is 10.8. The number of thiophene rings is 1. The van der Waals surface area contributed by atoms with Crippen molar-refractivity contribution in [2.75, 3.05) is 44.2 Å². The highest BCUT2D eigenvalue weighted by molar-refractivity contribution is 7.18. The number of anilines is 1. The lowest BCUT2D eigenvalue weighted by Crippen LogP contribution is -3.15. The minimum atomic E-state index is -0.0941. The molecular weight excluding hydrogens is 386 g/mol. The number of piperazine rings is 1. The van der Waals surface area contributed by atoms with Crippen molar-refractivity contribution in [1.82, 2.24) is 14.6 Å². The molecule has 1 aliphatic rings. The average molecular weight is 411 g/mol. The summed E-state index contributed by atoms with van der Waals surface area (Å²) in [6, 6.07) is 8.07. The van der Waals surface area contributed by atoms with Crippen LogP contribution in [0.5, 0.6) is 0 Å². The first-order valence-electron chi connectivity index (χ1n) is 9.99. The first kappa shape index (κ1) is 18.5. The number of fused-ring (bicyclic) bond motifs is 4. The van der Waals surface area contributed by atoms with Gasteiger partial charge in [-0.1, -0.05) is 24.3 Å². The molecule has 0 aliphatic carbocycles. The van der Waals surface area contributed by atoms with E-state index in [0.717, 1.165) is 64.6 Å². The number of hydrogen-bond donors (Lipinski definition) is 2. The summed E-state index contributed by atoms with van der Waals surface area (Å²) in [7, 11) is 0. The van der Waals surface area contributed by atoms with Crippen molar-refractivity contribution in [1.29, 1.82) is 0 Å². The zero-order valence-corrected chi connectivity index (χ0v) is 17.4. The second kappa shape index (κ2) is 7.05. The van der Waals surface area contributed by atoms with Crippen LogP contribution in [0.2, 0.25) is 0 Å². The summed E-state index contributed by atoms with van der Waals surface area (Å²) in [5.74, 6) is 0.837. The Morgan fingerprint density at radius 1 is 1.17 bits per heavy atom. The van der Waals surface area contributed by atoms with Crippen LogP contribution >= 0.6 is 11.3 Å². The smallest absolute Gasteiger partial charge is 0.283 e. The molecule has 1 fully saturated rings. The van der Waals surface area contributed by atoms with Crippen LogP contribution in [-0.2, 0) is 0 Å². The van der Waals surface area contributed by atoms with Crippen LogP contribution in [0.3, 0.4) is 0 Å². The van der Waals surface area contributed by atoms with E-state index in [2.05, 4.69) is 11.0 Å². The summed E-state index contributed by atoms with van der Waals surface area (Å²) in [6.45, 7) is 8.59. The molecule has 2 N–H and O–H groups in total. The molecule has 0 saturated carbocycles. The summed E-state index contributed by atoms with van der Waals surface area (Å²) >= 11 is 1.57. The van der Waals surface area contributed by atoms with Crippen LogP contribution in [0.15, 0.2) is 29.1 Å². The largest absolute Gasteiger partial charge is 0.391 e. The van der Waals surface area contributed by atoms with Crippen molar-refractivity contribution < 1.29 is 10.0 Å². The Bertz CT molecular complexity index is 1290. The van der Waals surface area contributed by atoms with E-state index in [4.69, 9.17) is 10.1 Å². The zero-order valence-electron chi connectivity index (χ0n) is 16.6. The maximum Gasteiger partial charge on any atom is 0.283 e. The molecule has 0 radical (unpaired) electrons. The molecule has 29 heavy (non-hydrogen) atoms. The van der Waals surface area contributed by atoms with Gasteiger partial charge in [0.25, 0.3) is 5.56 Å². The number of aryl methyl sites for hydroxylation is 2. The standard InChI is InChI=1S/C21H23N5O2S/c1-13-14(2)29-20-17(13)21(28)26-18(22-20)15-5-3-4-6-16(15)19(23-26)25-9-7-24(8-10-25)11-12-27/h3-6,27H,7-12H2,1-2H3/p+1. The Kier molecular flexibility index (Phi) is 4.49. The quantitative estimate of drug-likeness (QED) is 0.488. The topological polar surface area (TPSA) is 75.2 Å². The van der Waals surface area contributed by atoms with Crippen molar-refractivity contribution >= 4 is 43.8 Å². The van der Waals surface area contributed by atoms with Gasteiger partial charge < -0.3 is 14.9 Å². The number of benzene rings is 1. The Hall–Kier alpha value is -2.55. The molecular formula is C21H24N5O2S+. The Morgan fingerprint density at radius 2 is 1.90 bits per heavy atom. The maximum atomic E-state index is 13.4. The van der Waals surface area contributed by atoms with Crippen molar-refractivity contribution in [2.45, 2.75) is 13.8 Å². The summed E-state index contributed by atoms with van der Waals surface area (Å²) in [5.41, 5.74) is 1.52. The molecule has 0 unspecified atom stereocenters. The molecule has 3 aromatic heterocycles. The van der Waals surface area contributed by atoms with E-state index in [1.165, 1.54) is 9.42 Å². The van der Waals surface area contributed by atoms with E-state index < -0.39 is 0 Å². The molecule has 5 rings (SSSR count). The van der Waals surface area contributed by atoms with Gasteiger partial charge in [-0.15, -0.1) is 16.4 Å². The highest BCUT2D eigenvalue weighted by Crippen LogP contribution is 2.30.